The van der Waals surface area contributed by atoms with E-state index in [9.17, 15) is 5.26 Å². The van der Waals surface area contributed by atoms with Crippen LogP contribution >= 0.6 is 0 Å². The van der Waals surface area contributed by atoms with Crippen LogP contribution in [0.1, 0.15) is 50.1 Å². The summed E-state index contributed by atoms with van der Waals surface area (Å²) in [4.78, 5) is 4.85. The van der Waals surface area contributed by atoms with E-state index in [1.807, 2.05) is 18.5 Å². The van der Waals surface area contributed by atoms with Crippen LogP contribution in [0.15, 0.2) is 182 Å². The molecular formula is C68H54N4. The summed E-state index contributed by atoms with van der Waals surface area (Å²) in [6.45, 7) is 17.4. The number of nitriles is 1. The number of fused-ring (bicyclic) bond motifs is 6. The van der Waals surface area contributed by atoms with Gasteiger partial charge in [0.1, 0.15) is 0 Å². The lowest BCUT2D eigenvalue weighted by Crippen LogP contribution is -2.02. The molecule has 4 heteroatoms. The van der Waals surface area contributed by atoms with Crippen molar-refractivity contribution in [1.82, 2.24) is 14.1 Å². The minimum absolute atomic E-state index is 0.586. The highest BCUT2D eigenvalue weighted by Crippen LogP contribution is 2.44. The maximum absolute atomic E-state index is 10.6. The minimum atomic E-state index is 0.586. The van der Waals surface area contributed by atoms with Crippen LogP contribution in [0.5, 0.6) is 0 Å². The lowest BCUT2D eigenvalue weighted by atomic mass is 9.97. The summed E-state index contributed by atoms with van der Waals surface area (Å²) in [5, 5.41) is 15.2. The van der Waals surface area contributed by atoms with E-state index in [0.29, 0.717) is 5.56 Å². The standard InChI is InChI=1S/C68H54N4/c1-40-21-41(2)26-53(25-40)49-10-15-63-58(34-49)59-35-50(54-27-42(3)22-43(4)28-54)11-16-64(59)71(63)67-19-20-70-39-62(67)57-14-9-48(38-69)33-68(57)72-65-17-12-51(55-29-44(5)23-45(6)30-55)36-60(65)61-37-52(13-18-66(61)72)56-31-46(7)24-47(8)32-56/h9-37,39H,1-8H3. The molecule has 0 N–H and O–H groups in total. The molecule has 4 nitrogen and oxygen atoms in total. The van der Waals surface area contributed by atoms with Gasteiger partial charge in [-0.3, -0.25) is 4.98 Å². The number of aryl methyl sites for hydroxylation is 8. The predicted molar refractivity (Wildman–Crippen MR) is 303 cm³/mol. The second-order valence-corrected chi connectivity index (χ2v) is 20.3. The van der Waals surface area contributed by atoms with Gasteiger partial charge >= 0.3 is 0 Å². The molecule has 0 aliphatic heterocycles. The first-order chi connectivity index (χ1) is 34.8. The van der Waals surface area contributed by atoms with E-state index in [1.165, 1.54) is 99.8 Å². The Bertz CT molecular complexity index is 3970. The maximum Gasteiger partial charge on any atom is 0.0992 e. The lowest BCUT2D eigenvalue weighted by molar-refractivity contribution is 1.14. The molecule has 0 atom stereocenters. The Kier molecular flexibility index (Phi) is 10.7. The molecule has 72 heavy (non-hydrogen) atoms. The highest BCUT2D eigenvalue weighted by molar-refractivity contribution is 6.14. The van der Waals surface area contributed by atoms with Crippen molar-refractivity contribution in [3.63, 3.8) is 0 Å². The van der Waals surface area contributed by atoms with E-state index >= 15 is 0 Å². The molecule has 3 aromatic heterocycles. The number of rotatable bonds is 7. The molecule has 346 valence electrons. The Labute approximate surface area is 421 Å². The Hall–Kier alpha value is -8.78. The molecular weight excluding hydrogens is 873 g/mol. The molecule has 0 fully saturated rings. The van der Waals surface area contributed by atoms with Crippen molar-refractivity contribution in [2.45, 2.75) is 55.4 Å². The van der Waals surface area contributed by atoms with Gasteiger partial charge in [0.2, 0.25) is 0 Å². The summed E-state index contributed by atoms with van der Waals surface area (Å²) in [6, 6.07) is 65.5. The van der Waals surface area contributed by atoms with Crippen LogP contribution < -0.4 is 0 Å². The summed E-state index contributed by atoms with van der Waals surface area (Å²) in [5.41, 5.74) is 28.2. The summed E-state index contributed by atoms with van der Waals surface area (Å²) in [5.74, 6) is 0. The van der Waals surface area contributed by atoms with Gasteiger partial charge in [-0.15, -0.1) is 0 Å². The topological polar surface area (TPSA) is 46.5 Å². The number of hydrogen-bond acceptors (Lipinski definition) is 2. The largest absolute Gasteiger partial charge is 0.309 e. The van der Waals surface area contributed by atoms with Crippen LogP contribution in [0.2, 0.25) is 0 Å². The zero-order chi connectivity index (χ0) is 49.5. The summed E-state index contributed by atoms with van der Waals surface area (Å²) in [7, 11) is 0. The Morgan fingerprint density at radius 1 is 0.319 bits per heavy atom. The van der Waals surface area contributed by atoms with E-state index in [1.54, 1.807) is 0 Å². The molecule has 0 bridgehead atoms. The predicted octanol–water partition coefficient (Wildman–Crippen LogP) is 17.9. The zero-order valence-corrected chi connectivity index (χ0v) is 42.1. The third-order valence-electron chi connectivity index (χ3n) is 14.4. The van der Waals surface area contributed by atoms with Gasteiger partial charge in [0.25, 0.3) is 0 Å². The Morgan fingerprint density at radius 3 is 0.986 bits per heavy atom. The van der Waals surface area contributed by atoms with E-state index in [2.05, 4.69) is 234 Å². The number of aromatic nitrogens is 3. The minimum Gasteiger partial charge on any atom is -0.309 e. The fourth-order valence-corrected chi connectivity index (χ4v) is 11.7. The van der Waals surface area contributed by atoms with Gasteiger partial charge in [-0.05, 0) is 167 Å². The first-order valence-electron chi connectivity index (χ1n) is 24.9. The average Bonchev–Trinajstić information content (AvgIpc) is 3.86. The van der Waals surface area contributed by atoms with Gasteiger partial charge in [0.15, 0.2) is 0 Å². The summed E-state index contributed by atoms with van der Waals surface area (Å²) in [6.07, 6.45) is 3.90. The van der Waals surface area contributed by atoms with E-state index in [-0.39, 0.29) is 0 Å². The molecule has 0 radical (unpaired) electrons. The molecule has 0 saturated heterocycles. The first-order valence-corrected chi connectivity index (χ1v) is 24.9. The van der Waals surface area contributed by atoms with Gasteiger partial charge in [-0.2, -0.15) is 5.26 Å². The zero-order valence-electron chi connectivity index (χ0n) is 42.1. The number of nitrogens with zero attached hydrogens (tertiary/aromatic N) is 4. The highest BCUT2D eigenvalue weighted by Gasteiger charge is 2.23. The van der Waals surface area contributed by atoms with Crippen LogP contribution in [-0.4, -0.2) is 14.1 Å². The van der Waals surface area contributed by atoms with Gasteiger partial charge in [-0.1, -0.05) is 148 Å². The molecule has 0 amide bonds. The second kappa shape index (κ2) is 17.3. The van der Waals surface area contributed by atoms with Crippen molar-refractivity contribution in [2.75, 3.05) is 0 Å². The van der Waals surface area contributed by atoms with Gasteiger partial charge in [0.05, 0.1) is 45.1 Å². The van der Waals surface area contributed by atoms with Crippen LogP contribution in [-0.2, 0) is 0 Å². The normalized spacial score (nSPS) is 11.6. The fraction of sp³-hybridized carbons (Fsp3) is 0.118. The third-order valence-corrected chi connectivity index (χ3v) is 14.4. The van der Waals surface area contributed by atoms with E-state index in [4.69, 9.17) is 4.98 Å². The molecule has 12 aromatic rings. The maximum atomic E-state index is 10.6. The molecule has 0 saturated carbocycles. The van der Waals surface area contributed by atoms with Crippen LogP contribution in [0, 0.1) is 66.7 Å². The third kappa shape index (κ3) is 7.75. The molecule has 12 rings (SSSR count). The molecule has 9 aromatic carbocycles. The van der Waals surface area contributed by atoms with Gasteiger partial charge in [0, 0.05) is 45.1 Å². The molecule has 0 spiro atoms. The van der Waals surface area contributed by atoms with Crippen molar-refractivity contribution in [3.8, 4) is 73.1 Å². The summed E-state index contributed by atoms with van der Waals surface area (Å²) < 4.78 is 4.78. The quantitative estimate of drug-likeness (QED) is 0.160. The van der Waals surface area contributed by atoms with E-state index < -0.39 is 0 Å². The van der Waals surface area contributed by atoms with Gasteiger partial charge < -0.3 is 9.13 Å². The smallest absolute Gasteiger partial charge is 0.0992 e. The van der Waals surface area contributed by atoms with Crippen molar-refractivity contribution in [1.29, 1.82) is 5.26 Å². The highest BCUT2D eigenvalue weighted by atomic mass is 15.0. The van der Waals surface area contributed by atoms with Crippen molar-refractivity contribution in [3.05, 3.63) is 232 Å². The molecule has 0 unspecified atom stereocenters. The lowest BCUT2D eigenvalue weighted by Gasteiger charge is -2.18. The number of pyridine rings is 1. The molecule has 0 aliphatic rings. The Balaban J connectivity index is 1.12. The van der Waals surface area contributed by atoms with Gasteiger partial charge in [-0.25, -0.2) is 0 Å². The van der Waals surface area contributed by atoms with Crippen LogP contribution in [0.25, 0.3) is 111 Å². The number of hydrogen-bond donors (Lipinski definition) is 0. The second-order valence-electron chi connectivity index (χ2n) is 20.3. The summed E-state index contributed by atoms with van der Waals surface area (Å²) >= 11 is 0. The van der Waals surface area contributed by atoms with Crippen LogP contribution in [0.3, 0.4) is 0 Å². The van der Waals surface area contributed by atoms with Crippen molar-refractivity contribution in [2.24, 2.45) is 0 Å². The first kappa shape index (κ1) is 44.4. The van der Waals surface area contributed by atoms with Crippen molar-refractivity contribution >= 4 is 43.6 Å². The molecule has 3 heterocycles. The van der Waals surface area contributed by atoms with E-state index in [0.717, 1.165) is 55.3 Å². The van der Waals surface area contributed by atoms with Crippen molar-refractivity contribution < 1.29 is 0 Å². The monoisotopic (exact) mass is 926 g/mol. The number of benzene rings is 9. The molecule has 0 aliphatic carbocycles. The Morgan fingerprint density at radius 2 is 0.653 bits per heavy atom. The fourth-order valence-electron chi connectivity index (χ4n) is 11.7. The average molecular weight is 927 g/mol. The van der Waals surface area contributed by atoms with Crippen LogP contribution in [0.4, 0.5) is 0 Å². The SMILES string of the molecule is Cc1cc(C)cc(-c2ccc3c(c2)c2cc(-c4cc(C)cc(C)c4)ccc2n3-c2ccncc2-c2ccc(C#N)cc2-n2c3ccc(-c4cc(C)cc(C)c4)cc3c3cc(-c4cc(C)cc(C)c4)ccc32)c1.